The number of nitrogens with two attached hydrogens (primary N) is 1. The molecule has 2 aromatic carbocycles. The lowest BCUT2D eigenvalue weighted by molar-refractivity contribution is 0.102. The summed E-state index contributed by atoms with van der Waals surface area (Å²) in [5.74, 6) is -0.387. The number of nitrogens with one attached hydrogen (secondary N) is 1. The molecule has 0 fully saturated rings. The van der Waals surface area contributed by atoms with Gasteiger partial charge in [0, 0.05) is 11.3 Å². The van der Waals surface area contributed by atoms with E-state index < -0.39 is 0 Å². The predicted octanol–water partition coefficient (Wildman–Crippen LogP) is 3.64. The van der Waals surface area contributed by atoms with Crippen LogP contribution in [0.15, 0.2) is 40.9 Å². The zero-order valence-electron chi connectivity index (χ0n) is 9.65. The minimum Gasteiger partial charge on any atom is -0.507 e. The van der Waals surface area contributed by atoms with E-state index in [0.717, 1.165) is 0 Å². The summed E-state index contributed by atoms with van der Waals surface area (Å²) in [5, 5.41) is 12.6. The third-order valence-electron chi connectivity index (χ3n) is 2.45. The SMILES string of the molecule is Nc1ccc(Cl)c(NC(=O)c2ccc(Br)c(O)c2)c1. The Morgan fingerprint density at radius 1 is 1.26 bits per heavy atom. The number of hydrogen-bond acceptors (Lipinski definition) is 3. The number of anilines is 2. The second-order valence-corrected chi connectivity index (χ2v) is 5.12. The minimum absolute atomic E-state index is 0.00803. The van der Waals surface area contributed by atoms with Crippen molar-refractivity contribution in [2.45, 2.75) is 0 Å². The predicted molar refractivity (Wildman–Crippen MR) is 79.6 cm³/mol. The molecule has 1 amide bonds. The number of hydrogen-bond donors (Lipinski definition) is 3. The monoisotopic (exact) mass is 340 g/mol. The third-order valence-corrected chi connectivity index (χ3v) is 3.45. The van der Waals surface area contributed by atoms with Crippen LogP contribution in [0.5, 0.6) is 5.75 Å². The molecule has 19 heavy (non-hydrogen) atoms. The minimum atomic E-state index is -0.379. The van der Waals surface area contributed by atoms with Crippen LogP contribution >= 0.6 is 27.5 Å². The fourth-order valence-corrected chi connectivity index (χ4v) is 1.90. The van der Waals surface area contributed by atoms with Crippen LogP contribution in [-0.2, 0) is 0 Å². The lowest BCUT2D eigenvalue weighted by atomic mass is 10.2. The first kappa shape index (κ1) is 13.7. The smallest absolute Gasteiger partial charge is 0.255 e. The quantitative estimate of drug-likeness (QED) is 0.730. The number of nitrogen functional groups attached to an aromatic ring is 1. The highest BCUT2D eigenvalue weighted by molar-refractivity contribution is 9.10. The van der Waals surface area contributed by atoms with Gasteiger partial charge < -0.3 is 16.2 Å². The molecule has 0 saturated carbocycles. The Hall–Kier alpha value is -1.72. The fourth-order valence-electron chi connectivity index (χ4n) is 1.49. The number of aromatic hydroxyl groups is 1. The Bertz CT molecular complexity index is 647. The summed E-state index contributed by atoms with van der Waals surface area (Å²) in [6, 6.07) is 9.35. The van der Waals surface area contributed by atoms with Crippen LogP contribution in [0.25, 0.3) is 0 Å². The van der Waals surface area contributed by atoms with Gasteiger partial charge >= 0.3 is 0 Å². The Balaban J connectivity index is 2.25. The maximum absolute atomic E-state index is 12.0. The molecule has 98 valence electrons. The van der Waals surface area contributed by atoms with Crippen molar-refractivity contribution in [2.24, 2.45) is 0 Å². The summed E-state index contributed by atoms with van der Waals surface area (Å²) in [6.45, 7) is 0. The van der Waals surface area contributed by atoms with E-state index in [-0.39, 0.29) is 11.7 Å². The van der Waals surface area contributed by atoms with Gasteiger partial charge in [0.05, 0.1) is 15.2 Å². The van der Waals surface area contributed by atoms with Crippen molar-refractivity contribution in [1.82, 2.24) is 0 Å². The van der Waals surface area contributed by atoms with Gasteiger partial charge in [-0.25, -0.2) is 0 Å². The van der Waals surface area contributed by atoms with Gasteiger partial charge in [-0.3, -0.25) is 4.79 Å². The average molecular weight is 342 g/mol. The van der Waals surface area contributed by atoms with Gasteiger partial charge in [0.25, 0.3) is 5.91 Å². The number of phenolic OH excluding ortho intramolecular Hbond substituents is 1. The molecule has 0 heterocycles. The van der Waals surface area contributed by atoms with E-state index in [4.69, 9.17) is 17.3 Å². The molecule has 6 heteroatoms. The number of amides is 1. The highest BCUT2D eigenvalue weighted by Gasteiger charge is 2.10. The Morgan fingerprint density at radius 3 is 2.68 bits per heavy atom. The summed E-state index contributed by atoms with van der Waals surface area (Å²) >= 11 is 9.10. The molecule has 2 rings (SSSR count). The van der Waals surface area contributed by atoms with Crippen LogP contribution in [-0.4, -0.2) is 11.0 Å². The molecule has 0 spiro atoms. The topological polar surface area (TPSA) is 75.3 Å². The van der Waals surface area contributed by atoms with Gasteiger partial charge in [-0.05, 0) is 52.3 Å². The van der Waals surface area contributed by atoms with Crippen molar-refractivity contribution in [1.29, 1.82) is 0 Å². The van der Waals surface area contributed by atoms with Gasteiger partial charge in [-0.1, -0.05) is 11.6 Å². The molecule has 0 atom stereocenters. The van der Waals surface area contributed by atoms with E-state index >= 15 is 0 Å². The van der Waals surface area contributed by atoms with Gasteiger partial charge in [0.1, 0.15) is 5.75 Å². The largest absolute Gasteiger partial charge is 0.507 e. The van der Waals surface area contributed by atoms with E-state index in [1.807, 2.05) is 0 Å². The molecule has 4 N–H and O–H groups in total. The number of rotatable bonds is 2. The molecule has 0 radical (unpaired) electrons. The second kappa shape index (κ2) is 5.50. The van der Waals surface area contributed by atoms with Crippen molar-refractivity contribution in [3.8, 4) is 5.75 Å². The highest BCUT2D eigenvalue weighted by Crippen LogP contribution is 2.27. The summed E-state index contributed by atoms with van der Waals surface area (Å²) in [5.41, 5.74) is 6.87. The zero-order valence-corrected chi connectivity index (χ0v) is 12.0. The third kappa shape index (κ3) is 3.19. The first-order valence-electron chi connectivity index (χ1n) is 5.32. The fraction of sp³-hybridized carbons (Fsp3) is 0. The molecule has 0 bridgehead atoms. The summed E-state index contributed by atoms with van der Waals surface area (Å²) in [4.78, 5) is 12.0. The Labute approximate surface area is 123 Å². The normalized spacial score (nSPS) is 10.2. The molecule has 0 aliphatic heterocycles. The zero-order chi connectivity index (χ0) is 14.0. The summed E-state index contributed by atoms with van der Waals surface area (Å²) in [6.07, 6.45) is 0. The van der Waals surface area contributed by atoms with Crippen molar-refractivity contribution >= 4 is 44.8 Å². The maximum atomic E-state index is 12.0. The standard InChI is InChI=1S/C13H10BrClN2O2/c14-9-3-1-7(5-12(9)18)13(19)17-11-6-8(16)2-4-10(11)15/h1-6,18H,16H2,(H,17,19). The van der Waals surface area contributed by atoms with E-state index in [1.54, 1.807) is 30.3 Å². The first-order chi connectivity index (χ1) is 8.97. The van der Waals surface area contributed by atoms with Crippen LogP contribution in [0.1, 0.15) is 10.4 Å². The van der Waals surface area contributed by atoms with E-state index in [1.165, 1.54) is 6.07 Å². The first-order valence-corrected chi connectivity index (χ1v) is 6.49. The molecular formula is C13H10BrClN2O2. The molecule has 2 aromatic rings. The molecule has 0 aliphatic carbocycles. The summed E-state index contributed by atoms with van der Waals surface area (Å²) < 4.78 is 0.519. The van der Waals surface area contributed by atoms with Crippen molar-refractivity contribution in [3.63, 3.8) is 0 Å². The lowest BCUT2D eigenvalue weighted by Crippen LogP contribution is -2.12. The number of halogens is 2. The molecule has 0 aromatic heterocycles. The number of benzene rings is 2. The average Bonchev–Trinajstić information content (AvgIpc) is 2.37. The van der Waals surface area contributed by atoms with Crippen molar-refractivity contribution in [2.75, 3.05) is 11.1 Å². The maximum Gasteiger partial charge on any atom is 0.255 e. The van der Waals surface area contributed by atoms with Gasteiger partial charge in [-0.15, -0.1) is 0 Å². The Kier molecular flexibility index (Phi) is 3.97. The van der Waals surface area contributed by atoms with Gasteiger partial charge in [-0.2, -0.15) is 0 Å². The van der Waals surface area contributed by atoms with Crippen LogP contribution in [0.4, 0.5) is 11.4 Å². The van der Waals surface area contributed by atoms with Crippen LogP contribution in [0.2, 0.25) is 5.02 Å². The molecular weight excluding hydrogens is 332 g/mol. The Morgan fingerprint density at radius 2 is 2.00 bits per heavy atom. The molecule has 0 unspecified atom stereocenters. The lowest BCUT2D eigenvalue weighted by Gasteiger charge is -2.08. The highest BCUT2D eigenvalue weighted by atomic mass is 79.9. The van der Waals surface area contributed by atoms with Gasteiger partial charge in [0.2, 0.25) is 0 Å². The number of phenols is 1. The van der Waals surface area contributed by atoms with Crippen LogP contribution < -0.4 is 11.1 Å². The van der Waals surface area contributed by atoms with Gasteiger partial charge in [0.15, 0.2) is 0 Å². The van der Waals surface area contributed by atoms with Crippen LogP contribution in [0, 0.1) is 0 Å². The van der Waals surface area contributed by atoms with Crippen molar-refractivity contribution in [3.05, 3.63) is 51.5 Å². The summed E-state index contributed by atoms with van der Waals surface area (Å²) in [7, 11) is 0. The second-order valence-electron chi connectivity index (χ2n) is 3.86. The number of carbonyl (C=O) groups excluding carboxylic acids is 1. The molecule has 4 nitrogen and oxygen atoms in total. The van der Waals surface area contributed by atoms with E-state index in [9.17, 15) is 9.90 Å². The molecule has 0 saturated heterocycles. The van der Waals surface area contributed by atoms with E-state index in [0.29, 0.717) is 26.4 Å². The van der Waals surface area contributed by atoms with E-state index in [2.05, 4.69) is 21.2 Å². The van der Waals surface area contributed by atoms with Crippen LogP contribution in [0.3, 0.4) is 0 Å². The molecule has 0 aliphatic rings. The van der Waals surface area contributed by atoms with Crippen molar-refractivity contribution < 1.29 is 9.90 Å². The number of carbonyl (C=O) groups is 1.